The molecule has 0 aliphatic rings. The third-order valence-corrected chi connectivity index (χ3v) is 4.27. The standard InChI is InChI=1S/C14H23ClN2S/c1-4-17(5-2)8-9-18-14-10-13(15)7-6-12(14)11-16-3/h6-7,10,16H,4-5,8-9,11H2,1-3H3. The molecule has 1 rings (SSSR count). The number of hydrogen-bond donors (Lipinski definition) is 1. The topological polar surface area (TPSA) is 15.3 Å². The molecule has 0 heterocycles. The summed E-state index contributed by atoms with van der Waals surface area (Å²) in [7, 11) is 1.97. The second-order valence-corrected chi connectivity index (χ2v) is 5.73. The van der Waals surface area contributed by atoms with Crippen LogP contribution >= 0.6 is 23.4 Å². The van der Waals surface area contributed by atoms with Gasteiger partial charge < -0.3 is 10.2 Å². The minimum Gasteiger partial charge on any atom is -0.316 e. The van der Waals surface area contributed by atoms with Gasteiger partial charge in [0.2, 0.25) is 0 Å². The average molecular weight is 287 g/mol. The highest BCUT2D eigenvalue weighted by Gasteiger charge is 2.05. The van der Waals surface area contributed by atoms with E-state index in [9.17, 15) is 0 Å². The molecule has 1 aromatic rings. The van der Waals surface area contributed by atoms with E-state index in [4.69, 9.17) is 11.6 Å². The lowest BCUT2D eigenvalue weighted by Gasteiger charge is -2.18. The van der Waals surface area contributed by atoms with Gasteiger partial charge in [0.05, 0.1) is 0 Å². The quantitative estimate of drug-likeness (QED) is 0.737. The van der Waals surface area contributed by atoms with Crippen LogP contribution in [-0.4, -0.2) is 37.3 Å². The van der Waals surface area contributed by atoms with Gasteiger partial charge in [-0.25, -0.2) is 0 Å². The summed E-state index contributed by atoms with van der Waals surface area (Å²) in [6, 6.07) is 6.14. The van der Waals surface area contributed by atoms with E-state index >= 15 is 0 Å². The van der Waals surface area contributed by atoms with E-state index in [2.05, 4.69) is 36.2 Å². The molecule has 0 aromatic heterocycles. The average Bonchev–Trinajstić information content (AvgIpc) is 2.38. The number of benzene rings is 1. The molecule has 0 saturated heterocycles. The third kappa shape index (κ3) is 5.19. The molecule has 0 aliphatic heterocycles. The molecule has 0 fully saturated rings. The van der Waals surface area contributed by atoms with Crippen molar-refractivity contribution in [2.75, 3.05) is 32.4 Å². The molecular formula is C14H23ClN2S. The van der Waals surface area contributed by atoms with Crippen LogP contribution in [0.4, 0.5) is 0 Å². The summed E-state index contributed by atoms with van der Waals surface area (Å²) < 4.78 is 0. The van der Waals surface area contributed by atoms with Crippen molar-refractivity contribution in [2.45, 2.75) is 25.3 Å². The molecular weight excluding hydrogens is 264 g/mol. The zero-order valence-electron chi connectivity index (χ0n) is 11.5. The van der Waals surface area contributed by atoms with Gasteiger partial charge in [0.15, 0.2) is 0 Å². The van der Waals surface area contributed by atoms with Gasteiger partial charge in [-0.2, -0.15) is 0 Å². The summed E-state index contributed by atoms with van der Waals surface area (Å²) in [5.74, 6) is 1.11. The van der Waals surface area contributed by atoms with Gasteiger partial charge in [0.1, 0.15) is 0 Å². The largest absolute Gasteiger partial charge is 0.316 e. The molecule has 0 saturated carbocycles. The van der Waals surface area contributed by atoms with Gasteiger partial charge in [-0.3, -0.25) is 0 Å². The zero-order chi connectivity index (χ0) is 13.4. The summed E-state index contributed by atoms with van der Waals surface area (Å²) in [5, 5.41) is 4.02. The molecule has 0 atom stereocenters. The Labute approximate surface area is 120 Å². The van der Waals surface area contributed by atoms with Crippen molar-refractivity contribution in [3.05, 3.63) is 28.8 Å². The molecule has 4 heteroatoms. The Morgan fingerprint density at radius 2 is 2.00 bits per heavy atom. The lowest BCUT2D eigenvalue weighted by molar-refractivity contribution is 0.324. The predicted molar refractivity (Wildman–Crippen MR) is 82.7 cm³/mol. The molecule has 102 valence electrons. The predicted octanol–water partition coefficient (Wildman–Crippen LogP) is 3.49. The maximum Gasteiger partial charge on any atom is 0.0417 e. The van der Waals surface area contributed by atoms with E-state index in [1.54, 1.807) is 0 Å². The molecule has 0 unspecified atom stereocenters. The van der Waals surface area contributed by atoms with Gasteiger partial charge in [-0.1, -0.05) is 31.5 Å². The number of rotatable bonds is 8. The van der Waals surface area contributed by atoms with Crippen LogP contribution in [0.3, 0.4) is 0 Å². The molecule has 0 bridgehead atoms. The van der Waals surface area contributed by atoms with E-state index in [0.29, 0.717) is 0 Å². The molecule has 18 heavy (non-hydrogen) atoms. The van der Waals surface area contributed by atoms with Crippen LogP contribution in [0, 0.1) is 0 Å². The van der Waals surface area contributed by atoms with Crippen LogP contribution in [0.25, 0.3) is 0 Å². The van der Waals surface area contributed by atoms with E-state index in [1.165, 1.54) is 10.5 Å². The summed E-state index contributed by atoms with van der Waals surface area (Å²) in [5.41, 5.74) is 1.33. The van der Waals surface area contributed by atoms with Crippen LogP contribution in [0.5, 0.6) is 0 Å². The second kappa shape index (κ2) is 8.81. The first-order valence-electron chi connectivity index (χ1n) is 6.49. The van der Waals surface area contributed by atoms with Gasteiger partial charge in [0, 0.05) is 28.8 Å². The van der Waals surface area contributed by atoms with E-state index < -0.39 is 0 Å². The second-order valence-electron chi connectivity index (χ2n) is 4.16. The molecule has 1 aromatic carbocycles. The molecule has 1 N–H and O–H groups in total. The number of thioether (sulfide) groups is 1. The van der Waals surface area contributed by atoms with Gasteiger partial charge in [0.25, 0.3) is 0 Å². The minimum atomic E-state index is 0.820. The van der Waals surface area contributed by atoms with E-state index in [0.717, 1.165) is 37.0 Å². The molecule has 0 aliphatic carbocycles. The smallest absolute Gasteiger partial charge is 0.0417 e. The van der Waals surface area contributed by atoms with Crippen LogP contribution in [0.15, 0.2) is 23.1 Å². The lowest BCUT2D eigenvalue weighted by Crippen LogP contribution is -2.25. The highest BCUT2D eigenvalue weighted by molar-refractivity contribution is 7.99. The fourth-order valence-corrected chi connectivity index (χ4v) is 3.17. The normalized spacial score (nSPS) is 11.2. The SMILES string of the molecule is CCN(CC)CCSc1cc(Cl)ccc1CNC. The fourth-order valence-electron chi connectivity index (χ4n) is 1.82. The first-order chi connectivity index (χ1) is 8.71. The van der Waals surface area contributed by atoms with Crippen molar-refractivity contribution in [1.82, 2.24) is 10.2 Å². The highest BCUT2D eigenvalue weighted by Crippen LogP contribution is 2.26. The summed E-state index contributed by atoms with van der Waals surface area (Å²) >= 11 is 7.96. The van der Waals surface area contributed by atoms with E-state index in [-0.39, 0.29) is 0 Å². The fraction of sp³-hybridized carbons (Fsp3) is 0.571. The Balaban J connectivity index is 2.56. The number of nitrogens with one attached hydrogen (secondary N) is 1. The van der Waals surface area contributed by atoms with Crippen LogP contribution in [0.1, 0.15) is 19.4 Å². The van der Waals surface area contributed by atoms with Crippen LogP contribution < -0.4 is 5.32 Å². The maximum atomic E-state index is 6.07. The van der Waals surface area contributed by atoms with Gasteiger partial charge >= 0.3 is 0 Å². The minimum absolute atomic E-state index is 0.820. The van der Waals surface area contributed by atoms with Crippen molar-refractivity contribution >= 4 is 23.4 Å². The Morgan fingerprint density at radius 3 is 2.61 bits per heavy atom. The molecule has 0 amide bonds. The molecule has 0 radical (unpaired) electrons. The van der Waals surface area contributed by atoms with Gasteiger partial charge in [-0.05, 0) is 37.8 Å². The van der Waals surface area contributed by atoms with Crippen molar-refractivity contribution in [2.24, 2.45) is 0 Å². The van der Waals surface area contributed by atoms with Crippen molar-refractivity contribution < 1.29 is 0 Å². The number of hydrogen-bond acceptors (Lipinski definition) is 3. The zero-order valence-corrected chi connectivity index (χ0v) is 13.1. The number of halogens is 1. The third-order valence-electron chi connectivity index (χ3n) is 2.96. The lowest BCUT2D eigenvalue weighted by atomic mass is 10.2. The van der Waals surface area contributed by atoms with Gasteiger partial charge in [-0.15, -0.1) is 11.8 Å². The Bertz CT molecular complexity index is 354. The monoisotopic (exact) mass is 286 g/mol. The first kappa shape index (κ1) is 15.8. The van der Waals surface area contributed by atoms with Crippen LogP contribution in [0.2, 0.25) is 5.02 Å². The maximum absolute atomic E-state index is 6.07. The van der Waals surface area contributed by atoms with Crippen LogP contribution in [-0.2, 0) is 6.54 Å². The van der Waals surface area contributed by atoms with E-state index in [1.807, 2.05) is 24.9 Å². The summed E-state index contributed by atoms with van der Waals surface area (Å²) in [6.45, 7) is 8.68. The first-order valence-corrected chi connectivity index (χ1v) is 7.85. The summed E-state index contributed by atoms with van der Waals surface area (Å²) in [6.07, 6.45) is 0. The number of nitrogens with zero attached hydrogens (tertiary/aromatic N) is 1. The Hall–Kier alpha value is -0.220. The van der Waals surface area contributed by atoms with Crippen molar-refractivity contribution in [3.63, 3.8) is 0 Å². The Morgan fingerprint density at radius 1 is 1.28 bits per heavy atom. The molecule has 2 nitrogen and oxygen atoms in total. The highest BCUT2D eigenvalue weighted by atomic mass is 35.5. The summed E-state index contributed by atoms with van der Waals surface area (Å²) in [4.78, 5) is 3.74. The van der Waals surface area contributed by atoms with Crippen molar-refractivity contribution in [3.8, 4) is 0 Å². The van der Waals surface area contributed by atoms with Crippen molar-refractivity contribution in [1.29, 1.82) is 0 Å². The molecule has 0 spiro atoms. The Kier molecular flexibility index (Phi) is 7.75.